The van der Waals surface area contributed by atoms with Gasteiger partial charge >= 0.3 is 12.1 Å². The molecule has 2 aliphatic rings. The number of hydrogen-bond acceptors (Lipinski definition) is 6. The van der Waals surface area contributed by atoms with Gasteiger partial charge in [0.1, 0.15) is 11.6 Å². The molecule has 1 saturated heterocycles. The number of aryl methyl sites for hydroxylation is 2. The number of hydrogen-bond donors (Lipinski definition) is 2. The molecular formula is C22H23F4N5O4. The number of nitrogens with one attached hydrogen (secondary N) is 1. The lowest BCUT2D eigenvalue weighted by Crippen LogP contribution is -2.49. The first-order valence-electron chi connectivity index (χ1n) is 10.6. The third-order valence-electron chi connectivity index (χ3n) is 5.57. The van der Waals surface area contributed by atoms with E-state index in [1.54, 1.807) is 11.1 Å². The van der Waals surface area contributed by atoms with E-state index in [2.05, 4.69) is 20.2 Å². The van der Waals surface area contributed by atoms with Crippen LogP contribution in [0.15, 0.2) is 24.4 Å². The van der Waals surface area contributed by atoms with Crippen molar-refractivity contribution in [2.75, 3.05) is 36.4 Å². The van der Waals surface area contributed by atoms with Crippen molar-refractivity contribution in [3.63, 3.8) is 0 Å². The number of carbonyl (C=O) groups is 3. The second-order valence-electron chi connectivity index (χ2n) is 8.07. The fourth-order valence-electron chi connectivity index (χ4n) is 3.80. The first-order valence-corrected chi connectivity index (χ1v) is 10.6. The first kappa shape index (κ1) is 25.8. The number of carbonyl (C=O) groups excluding carboxylic acids is 2. The maximum absolute atomic E-state index is 13.6. The third-order valence-corrected chi connectivity index (χ3v) is 5.57. The maximum atomic E-state index is 13.6. The van der Waals surface area contributed by atoms with Crippen LogP contribution in [0.2, 0.25) is 0 Å². The SMILES string of the molecule is Cc1cnc(C)c(N2CCN(C(=O)CC3C(=O)Nc4ccc(F)cc43)CC2)n1.O=C(O)C(F)(F)F. The van der Waals surface area contributed by atoms with E-state index in [1.165, 1.54) is 18.2 Å². The van der Waals surface area contributed by atoms with Crippen molar-refractivity contribution in [1.29, 1.82) is 0 Å². The molecular weight excluding hydrogens is 474 g/mol. The van der Waals surface area contributed by atoms with Crippen LogP contribution in [-0.4, -0.2) is 70.1 Å². The monoisotopic (exact) mass is 497 g/mol. The van der Waals surface area contributed by atoms with Crippen LogP contribution >= 0.6 is 0 Å². The van der Waals surface area contributed by atoms with Crippen molar-refractivity contribution >= 4 is 29.3 Å². The summed E-state index contributed by atoms with van der Waals surface area (Å²) in [6, 6.07) is 4.18. The Kier molecular flexibility index (Phi) is 7.56. The highest BCUT2D eigenvalue weighted by Crippen LogP contribution is 2.35. The van der Waals surface area contributed by atoms with Gasteiger partial charge in [0.15, 0.2) is 0 Å². The van der Waals surface area contributed by atoms with Crippen molar-refractivity contribution in [3.8, 4) is 0 Å². The van der Waals surface area contributed by atoms with E-state index in [1.807, 2.05) is 13.8 Å². The number of nitrogens with zero attached hydrogens (tertiary/aromatic N) is 4. The summed E-state index contributed by atoms with van der Waals surface area (Å²) in [7, 11) is 0. The Balaban J connectivity index is 0.000000429. The molecule has 2 aliphatic heterocycles. The van der Waals surface area contributed by atoms with Crippen molar-refractivity contribution in [2.45, 2.75) is 32.4 Å². The van der Waals surface area contributed by atoms with Crippen LogP contribution in [0.25, 0.3) is 0 Å². The molecule has 9 nitrogen and oxygen atoms in total. The normalized spacial score (nSPS) is 17.3. The van der Waals surface area contributed by atoms with Crippen molar-refractivity contribution in [3.05, 3.63) is 47.2 Å². The minimum atomic E-state index is -5.08. The topological polar surface area (TPSA) is 116 Å². The molecule has 2 N–H and O–H groups in total. The molecule has 1 atom stereocenters. The van der Waals surface area contributed by atoms with Gasteiger partial charge in [-0.3, -0.25) is 14.6 Å². The number of fused-ring (bicyclic) bond motifs is 1. The van der Waals surface area contributed by atoms with Gasteiger partial charge in [-0.05, 0) is 37.6 Å². The molecule has 35 heavy (non-hydrogen) atoms. The largest absolute Gasteiger partial charge is 0.490 e. The fraction of sp³-hybridized carbons (Fsp3) is 0.409. The van der Waals surface area contributed by atoms with E-state index in [0.29, 0.717) is 37.4 Å². The maximum Gasteiger partial charge on any atom is 0.490 e. The van der Waals surface area contributed by atoms with E-state index in [0.717, 1.165) is 17.2 Å². The summed E-state index contributed by atoms with van der Waals surface area (Å²) >= 11 is 0. The standard InChI is InChI=1S/C20H22FN5O2.C2HF3O2/c1-12-11-22-13(2)19(23-12)26-7-5-25(6-8-26)18(27)10-16-15-9-14(21)3-4-17(15)24-20(16)28;3-2(4,5)1(6)7/h3-4,9,11,16H,5-8,10H2,1-2H3,(H,24,28);(H,6,7). The van der Waals surface area contributed by atoms with Crippen LogP contribution in [0.4, 0.5) is 29.1 Å². The fourth-order valence-corrected chi connectivity index (χ4v) is 3.80. The molecule has 0 aliphatic carbocycles. The lowest BCUT2D eigenvalue weighted by Gasteiger charge is -2.36. The number of piperazine rings is 1. The molecule has 4 rings (SSSR count). The number of rotatable bonds is 3. The van der Waals surface area contributed by atoms with E-state index < -0.39 is 23.9 Å². The second-order valence-corrected chi connectivity index (χ2v) is 8.07. The molecule has 1 aromatic carbocycles. The highest BCUT2D eigenvalue weighted by Gasteiger charge is 2.38. The summed E-state index contributed by atoms with van der Waals surface area (Å²) in [6.07, 6.45) is -3.29. The predicted octanol–water partition coefficient (Wildman–Crippen LogP) is 2.64. The number of benzene rings is 1. The minimum Gasteiger partial charge on any atom is -0.475 e. The molecule has 0 bridgehead atoms. The average Bonchev–Trinajstić information content (AvgIpc) is 3.09. The lowest BCUT2D eigenvalue weighted by atomic mass is 9.96. The molecule has 13 heteroatoms. The number of aromatic nitrogens is 2. The highest BCUT2D eigenvalue weighted by atomic mass is 19.4. The number of aliphatic carboxylic acids is 1. The summed E-state index contributed by atoms with van der Waals surface area (Å²) in [5, 5.41) is 9.85. The van der Waals surface area contributed by atoms with Crippen LogP contribution < -0.4 is 10.2 Å². The molecule has 0 saturated carbocycles. The van der Waals surface area contributed by atoms with Crippen LogP contribution in [0.3, 0.4) is 0 Å². The van der Waals surface area contributed by atoms with Crippen molar-refractivity contribution in [1.82, 2.24) is 14.9 Å². The van der Waals surface area contributed by atoms with Crippen LogP contribution in [0.5, 0.6) is 0 Å². The molecule has 2 aromatic rings. The summed E-state index contributed by atoms with van der Waals surface area (Å²) in [6.45, 7) is 6.26. The molecule has 0 radical (unpaired) electrons. The molecule has 3 heterocycles. The Morgan fingerprint density at radius 3 is 2.40 bits per heavy atom. The first-order chi connectivity index (χ1) is 16.4. The van der Waals surface area contributed by atoms with Gasteiger partial charge in [-0.1, -0.05) is 0 Å². The smallest absolute Gasteiger partial charge is 0.475 e. The van der Waals surface area contributed by atoms with Gasteiger partial charge in [-0.25, -0.2) is 14.2 Å². The van der Waals surface area contributed by atoms with Gasteiger partial charge in [0, 0.05) is 44.5 Å². The Morgan fingerprint density at radius 2 is 1.80 bits per heavy atom. The summed E-state index contributed by atoms with van der Waals surface area (Å²) in [5.74, 6) is -3.29. The minimum absolute atomic E-state index is 0.0472. The zero-order valence-electron chi connectivity index (χ0n) is 18.9. The quantitative estimate of drug-likeness (QED) is 0.627. The average molecular weight is 497 g/mol. The van der Waals surface area contributed by atoms with Gasteiger partial charge in [0.25, 0.3) is 0 Å². The molecule has 1 aromatic heterocycles. The van der Waals surface area contributed by atoms with E-state index in [9.17, 15) is 27.2 Å². The predicted molar refractivity (Wildman–Crippen MR) is 116 cm³/mol. The Morgan fingerprint density at radius 1 is 1.17 bits per heavy atom. The third kappa shape index (κ3) is 6.22. The summed E-state index contributed by atoms with van der Waals surface area (Å²) < 4.78 is 45.3. The zero-order chi connectivity index (χ0) is 25.9. The van der Waals surface area contributed by atoms with Gasteiger partial charge < -0.3 is 20.2 Å². The van der Waals surface area contributed by atoms with Crippen LogP contribution in [0.1, 0.15) is 29.3 Å². The van der Waals surface area contributed by atoms with Crippen molar-refractivity contribution < 1.29 is 37.1 Å². The molecule has 2 amide bonds. The molecule has 188 valence electrons. The Bertz CT molecular complexity index is 1130. The Labute approximate surface area is 197 Å². The number of halogens is 4. The lowest BCUT2D eigenvalue weighted by molar-refractivity contribution is -0.192. The zero-order valence-corrected chi connectivity index (χ0v) is 18.9. The number of anilines is 2. The van der Waals surface area contributed by atoms with Crippen LogP contribution in [-0.2, 0) is 14.4 Å². The number of alkyl halides is 3. The van der Waals surface area contributed by atoms with Crippen molar-refractivity contribution in [2.24, 2.45) is 0 Å². The molecule has 1 unspecified atom stereocenters. The van der Waals surface area contributed by atoms with Gasteiger partial charge in [-0.2, -0.15) is 13.2 Å². The number of carboxylic acids is 1. The van der Waals surface area contributed by atoms with Gasteiger partial charge in [-0.15, -0.1) is 0 Å². The van der Waals surface area contributed by atoms with E-state index in [4.69, 9.17) is 9.90 Å². The van der Waals surface area contributed by atoms with Gasteiger partial charge in [0.05, 0.1) is 17.3 Å². The van der Waals surface area contributed by atoms with E-state index >= 15 is 0 Å². The summed E-state index contributed by atoms with van der Waals surface area (Å²) in [4.78, 5) is 46.7. The van der Waals surface area contributed by atoms with Gasteiger partial charge in [0.2, 0.25) is 11.8 Å². The highest BCUT2D eigenvalue weighted by molar-refractivity contribution is 6.04. The Hall–Kier alpha value is -3.77. The second kappa shape index (κ2) is 10.2. The number of carboxylic acid groups (broad SMARTS) is 1. The molecule has 1 fully saturated rings. The van der Waals surface area contributed by atoms with Crippen LogP contribution in [0, 0.1) is 19.7 Å². The summed E-state index contributed by atoms with van der Waals surface area (Å²) in [5.41, 5.74) is 2.87. The molecule has 0 spiro atoms. The number of amides is 2. The van der Waals surface area contributed by atoms with E-state index in [-0.39, 0.29) is 18.2 Å².